The second-order valence-electron chi connectivity index (χ2n) is 7.20. The first-order valence-corrected chi connectivity index (χ1v) is 9.50. The van der Waals surface area contributed by atoms with Crippen molar-refractivity contribution in [3.8, 4) is 11.5 Å². The zero-order chi connectivity index (χ0) is 18.8. The minimum Gasteiger partial charge on any atom is -0.478 e. The van der Waals surface area contributed by atoms with Crippen LogP contribution in [0.2, 0.25) is 0 Å². The number of hydrogen-bond acceptors (Lipinski definition) is 5. The van der Waals surface area contributed by atoms with E-state index in [4.69, 9.17) is 15.2 Å². The van der Waals surface area contributed by atoms with Gasteiger partial charge in [-0.25, -0.2) is 0 Å². The van der Waals surface area contributed by atoms with Crippen molar-refractivity contribution in [3.05, 3.63) is 71.3 Å². The molecule has 0 spiro atoms. The monoisotopic (exact) mass is 365 g/mol. The van der Waals surface area contributed by atoms with Gasteiger partial charge in [0.05, 0.1) is 6.04 Å². The summed E-state index contributed by atoms with van der Waals surface area (Å²) in [6, 6.07) is 12.4. The standard InChI is InChI=1S/C22H27N3O2/c1-3-9-25-13-19-11-17(6-8-21(19)27-15-25)22(23)16-5-7-20-18(10-16)12-24(4-2)14-26-20/h3,5-8,10-11,22H,1,4,9,12-15,23H2,2H3. The third kappa shape index (κ3) is 3.72. The molecule has 2 aliphatic rings. The molecule has 2 aromatic rings. The van der Waals surface area contributed by atoms with Crippen molar-refractivity contribution in [1.82, 2.24) is 9.80 Å². The number of ether oxygens (including phenoxy) is 2. The van der Waals surface area contributed by atoms with Crippen LogP contribution in [0.25, 0.3) is 0 Å². The summed E-state index contributed by atoms with van der Waals surface area (Å²) in [5.41, 5.74) is 11.2. The van der Waals surface area contributed by atoms with Gasteiger partial charge in [-0.15, -0.1) is 6.58 Å². The first-order chi connectivity index (χ1) is 13.2. The molecule has 1 unspecified atom stereocenters. The molecule has 1 atom stereocenters. The van der Waals surface area contributed by atoms with Crippen molar-refractivity contribution >= 4 is 0 Å². The quantitative estimate of drug-likeness (QED) is 0.825. The first-order valence-electron chi connectivity index (χ1n) is 9.50. The van der Waals surface area contributed by atoms with E-state index in [9.17, 15) is 0 Å². The normalized spacial score (nSPS) is 18.0. The van der Waals surface area contributed by atoms with Crippen LogP contribution in [0.5, 0.6) is 11.5 Å². The molecule has 0 aromatic heterocycles. The average Bonchev–Trinajstić information content (AvgIpc) is 2.72. The lowest BCUT2D eigenvalue weighted by Gasteiger charge is -2.29. The van der Waals surface area contributed by atoms with Crippen LogP contribution in [0.3, 0.4) is 0 Å². The number of fused-ring (bicyclic) bond motifs is 2. The van der Waals surface area contributed by atoms with Gasteiger partial charge < -0.3 is 15.2 Å². The van der Waals surface area contributed by atoms with Crippen LogP contribution in [-0.2, 0) is 13.1 Å². The van der Waals surface area contributed by atoms with Crippen LogP contribution in [0.15, 0.2) is 49.1 Å². The first kappa shape index (κ1) is 18.0. The Morgan fingerprint density at radius 3 is 2.11 bits per heavy atom. The minimum absolute atomic E-state index is 0.174. The van der Waals surface area contributed by atoms with Crippen LogP contribution in [0.1, 0.15) is 35.2 Å². The van der Waals surface area contributed by atoms with Crippen molar-refractivity contribution in [1.29, 1.82) is 0 Å². The van der Waals surface area contributed by atoms with Gasteiger partial charge in [-0.05, 0) is 41.9 Å². The topological polar surface area (TPSA) is 51.0 Å². The van der Waals surface area contributed by atoms with Crippen molar-refractivity contribution in [2.45, 2.75) is 26.1 Å². The van der Waals surface area contributed by atoms with Crippen LogP contribution in [0, 0.1) is 0 Å². The van der Waals surface area contributed by atoms with Gasteiger partial charge in [0.2, 0.25) is 0 Å². The molecule has 0 bridgehead atoms. The molecular formula is C22H27N3O2. The largest absolute Gasteiger partial charge is 0.478 e. The van der Waals surface area contributed by atoms with E-state index in [1.165, 1.54) is 11.1 Å². The molecule has 2 aliphatic heterocycles. The summed E-state index contributed by atoms with van der Waals surface area (Å²) in [7, 11) is 0. The van der Waals surface area contributed by atoms with Crippen molar-refractivity contribution in [2.75, 3.05) is 26.6 Å². The van der Waals surface area contributed by atoms with Gasteiger partial charge in [-0.1, -0.05) is 25.1 Å². The Labute approximate surface area is 161 Å². The van der Waals surface area contributed by atoms with E-state index < -0.39 is 0 Å². The van der Waals surface area contributed by atoms with E-state index in [0.717, 1.165) is 48.8 Å². The smallest absolute Gasteiger partial charge is 0.142 e. The number of rotatable bonds is 5. The third-order valence-corrected chi connectivity index (χ3v) is 5.31. The second-order valence-corrected chi connectivity index (χ2v) is 7.20. The highest BCUT2D eigenvalue weighted by molar-refractivity contribution is 5.45. The summed E-state index contributed by atoms with van der Waals surface area (Å²) in [5.74, 6) is 1.92. The van der Waals surface area contributed by atoms with E-state index in [2.05, 4.69) is 47.6 Å². The second kappa shape index (κ2) is 7.72. The maximum atomic E-state index is 6.62. The fourth-order valence-electron chi connectivity index (χ4n) is 3.70. The number of hydrogen-bond donors (Lipinski definition) is 1. The molecule has 0 radical (unpaired) electrons. The van der Waals surface area contributed by atoms with Crippen LogP contribution < -0.4 is 15.2 Å². The lowest BCUT2D eigenvalue weighted by molar-refractivity contribution is 0.101. The highest BCUT2D eigenvalue weighted by atomic mass is 16.5. The van der Waals surface area contributed by atoms with Gasteiger partial charge in [0.25, 0.3) is 0 Å². The Morgan fingerprint density at radius 2 is 1.56 bits per heavy atom. The Hall–Kier alpha value is -2.34. The molecule has 2 heterocycles. The summed E-state index contributed by atoms with van der Waals surface area (Å²) < 4.78 is 11.7. The summed E-state index contributed by atoms with van der Waals surface area (Å²) in [6.07, 6.45) is 1.90. The molecule has 0 saturated carbocycles. The molecule has 0 fully saturated rings. The Bertz CT molecular complexity index is 836. The number of nitrogens with two attached hydrogens (primary N) is 1. The highest BCUT2D eigenvalue weighted by Gasteiger charge is 2.21. The predicted octanol–water partition coefficient (Wildman–Crippen LogP) is 3.24. The van der Waals surface area contributed by atoms with E-state index in [1.807, 2.05) is 18.2 Å². The molecule has 5 heteroatoms. The highest BCUT2D eigenvalue weighted by Crippen LogP contribution is 2.32. The SMILES string of the molecule is C=CCN1COc2ccc(C(N)c3ccc4c(c3)CN(CC)CO4)cc2C1. The maximum absolute atomic E-state index is 6.62. The summed E-state index contributed by atoms with van der Waals surface area (Å²) in [5, 5.41) is 0. The Morgan fingerprint density at radius 1 is 1.00 bits per heavy atom. The van der Waals surface area contributed by atoms with Crippen molar-refractivity contribution in [2.24, 2.45) is 5.73 Å². The zero-order valence-corrected chi connectivity index (χ0v) is 15.9. The molecule has 2 N–H and O–H groups in total. The predicted molar refractivity (Wildman–Crippen MR) is 107 cm³/mol. The Balaban J connectivity index is 1.57. The maximum Gasteiger partial charge on any atom is 0.142 e. The van der Waals surface area contributed by atoms with E-state index in [0.29, 0.717) is 13.5 Å². The Kier molecular flexibility index (Phi) is 5.16. The van der Waals surface area contributed by atoms with Gasteiger partial charge in [-0.3, -0.25) is 9.80 Å². The van der Waals surface area contributed by atoms with Gasteiger partial charge >= 0.3 is 0 Å². The van der Waals surface area contributed by atoms with Gasteiger partial charge in [-0.2, -0.15) is 0 Å². The molecule has 4 rings (SSSR count). The van der Waals surface area contributed by atoms with Crippen LogP contribution >= 0.6 is 0 Å². The molecule has 0 saturated heterocycles. The summed E-state index contributed by atoms with van der Waals surface area (Å²) in [6.45, 7) is 10.8. The lowest BCUT2D eigenvalue weighted by atomic mass is 9.95. The molecule has 5 nitrogen and oxygen atoms in total. The summed E-state index contributed by atoms with van der Waals surface area (Å²) in [4.78, 5) is 4.47. The van der Waals surface area contributed by atoms with Gasteiger partial charge in [0.1, 0.15) is 25.0 Å². The number of nitrogens with zero attached hydrogens (tertiary/aromatic N) is 2. The lowest BCUT2D eigenvalue weighted by Crippen LogP contribution is -2.32. The molecule has 0 aliphatic carbocycles. The minimum atomic E-state index is -0.174. The van der Waals surface area contributed by atoms with E-state index >= 15 is 0 Å². The zero-order valence-electron chi connectivity index (χ0n) is 15.9. The van der Waals surface area contributed by atoms with E-state index in [-0.39, 0.29) is 6.04 Å². The third-order valence-electron chi connectivity index (χ3n) is 5.31. The van der Waals surface area contributed by atoms with Crippen LogP contribution in [0.4, 0.5) is 0 Å². The molecule has 27 heavy (non-hydrogen) atoms. The molecule has 0 amide bonds. The number of benzene rings is 2. The fraction of sp³-hybridized carbons (Fsp3) is 0.364. The molecule has 2 aromatic carbocycles. The van der Waals surface area contributed by atoms with Gasteiger partial charge in [0, 0.05) is 30.8 Å². The van der Waals surface area contributed by atoms with Crippen molar-refractivity contribution in [3.63, 3.8) is 0 Å². The summed E-state index contributed by atoms with van der Waals surface area (Å²) >= 11 is 0. The molecule has 142 valence electrons. The fourth-order valence-corrected chi connectivity index (χ4v) is 3.70. The van der Waals surface area contributed by atoms with Crippen molar-refractivity contribution < 1.29 is 9.47 Å². The molecular weight excluding hydrogens is 338 g/mol. The van der Waals surface area contributed by atoms with Gasteiger partial charge in [0.15, 0.2) is 0 Å². The van der Waals surface area contributed by atoms with E-state index in [1.54, 1.807) is 0 Å². The van der Waals surface area contributed by atoms with Crippen LogP contribution in [-0.4, -0.2) is 36.4 Å². The average molecular weight is 365 g/mol.